The Bertz CT molecular complexity index is 2870. The highest BCUT2D eigenvalue weighted by Gasteiger charge is 2.44. The Balaban J connectivity index is 1.00. The molecule has 9 rings (SSSR count). The summed E-state index contributed by atoms with van der Waals surface area (Å²) in [5, 5.41) is 15.9. The maximum absolute atomic E-state index is 15.5. The van der Waals surface area contributed by atoms with Crippen molar-refractivity contribution < 1.29 is 45.5 Å². The number of nitro benzene ring substituents is 1. The summed E-state index contributed by atoms with van der Waals surface area (Å²) in [7, 11) is -4.84. The van der Waals surface area contributed by atoms with Gasteiger partial charge in [0.2, 0.25) is 11.7 Å². The number of anilines is 4. The van der Waals surface area contributed by atoms with Crippen molar-refractivity contribution >= 4 is 72.6 Å². The first kappa shape index (κ1) is 46.2. The molecule has 0 unspecified atom stereocenters. The van der Waals surface area contributed by atoms with Crippen molar-refractivity contribution in [1.29, 1.82) is 0 Å². The normalized spacial score (nSPS) is 20.9. The topological polar surface area (TPSA) is 185 Å². The van der Waals surface area contributed by atoms with Gasteiger partial charge in [-0.15, -0.1) is 0 Å². The van der Waals surface area contributed by atoms with Crippen LogP contribution in [0.4, 0.5) is 41.6 Å². The summed E-state index contributed by atoms with van der Waals surface area (Å²) in [5.41, 5.74) is 3.75. The summed E-state index contributed by atoms with van der Waals surface area (Å²) in [6.45, 7) is 5.99. The van der Waals surface area contributed by atoms with Crippen LogP contribution in [0.2, 0.25) is 5.02 Å². The molecule has 0 radical (unpaired) electrons. The summed E-state index contributed by atoms with van der Waals surface area (Å²) in [6.07, 6.45) is 0.778. The minimum atomic E-state index is -4.84. The summed E-state index contributed by atoms with van der Waals surface area (Å²) in [5.74, 6) is -3.89. The molecule has 67 heavy (non-hydrogen) atoms. The van der Waals surface area contributed by atoms with Gasteiger partial charge in [0.1, 0.15) is 30.2 Å². The van der Waals surface area contributed by atoms with Crippen LogP contribution in [0.3, 0.4) is 0 Å². The number of nitro groups is 1. The number of nitrogens with one attached hydrogen (secondary N) is 3. The van der Waals surface area contributed by atoms with E-state index in [0.717, 1.165) is 44.0 Å². The number of benzene rings is 3. The molecule has 5 heterocycles. The lowest BCUT2D eigenvalue weighted by Crippen LogP contribution is -2.47. The number of allylic oxidation sites excluding steroid dienone is 1. The van der Waals surface area contributed by atoms with E-state index >= 15 is 13.2 Å². The fourth-order valence-corrected chi connectivity index (χ4v) is 10.1. The number of pyridine rings is 1. The van der Waals surface area contributed by atoms with Gasteiger partial charge in [-0.1, -0.05) is 43.2 Å². The Kier molecular flexibility index (Phi) is 12.4. The van der Waals surface area contributed by atoms with Crippen molar-refractivity contribution in [2.24, 2.45) is 5.41 Å². The molecule has 3 N–H and O–H groups in total. The molecule has 2 saturated heterocycles. The summed E-state index contributed by atoms with van der Waals surface area (Å²) >= 11 is 6.24. The number of aromatic nitrogens is 2. The molecule has 3 aromatic carbocycles. The highest BCUT2D eigenvalue weighted by atomic mass is 35.5. The maximum Gasteiger partial charge on any atom is 0.417 e. The van der Waals surface area contributed by atoms with Crippen molar-refractivity contribution in [1.82, 2.24) is 19.6 Å². The fourth-order valence-electron chi connectivity index (χ4n) is 9.00. The van der Waals surface area contributed by atoms with Crippen LogP contribution in [0.15, 0.2) is 89.5 Å². The quantitative estimate of drug-likeness (QED) is 0.0803. The van der Waals surface area contributed by atoms with Crippen LogP contribution in [0, 0.1) is 15.5 Å². The first-order chi connectivity index (χ1) is 31.8. The first-order valence-corrected chi connectivity index (χ1v) is 23.6. The van der Waals surface area contributed by atoms with Gasteiger partial charge in [-0.05, 0) is 90.4 Å². The highest BCUT2D eigenvalue weighted by Crippen LogP contribution is 2.46. The molecular weight excluding hydrogens is 917 g/mol. The third-order valence-corrected chi connectivity index (χ3v) is 14.1. The van der Waals surface area contributed by atoms with Crippen molar-refractivity contribution in [3.05, 3.63) is 111 Å². The summed E-state index contributed by atoms with van der Waals surface area (Å²) in [6, 6.07) is 18.6. The number of rotatable bonds is 12. The fraction of sp³-hybridized carbons (Fsp3) is 0.391. The number of halogens is 4. The molecule has 2 fully saturated rings. The van der Waals surface area contributed by atoms with E-state index < -0.39 is 69.0 Å². The van der Waals surface area contributed by atoms with Crippen LogP contribution in [0.5, 0.6) is 5.88 Å². The number of alkyl halides is 3. The molecule has 0 spiro atoms. The van der Waals surface area contributed by atoms with Crippen LogP contribution < -0.4 is 24.6 Å². The standard InChI is InChI=1S/C46H48ClF3N8O8S/c1-44(2)13-11-31(36(24-44)29-3-5-32(47)6-4-29)25-55-15-17-56(18-16-55)33-7-9-35(38(22-33)57-27-46(49,50)66-43-40(57)21-30-12-14-51-41(30)53-43)42(59)54-67(62,63)34-8-10-37(39(23-34)58(60)61)52-26-45(48)28-64-19-20-65-45/h3-10,12,14,21-23,52H,11,13,15-20,24-28H2,1-2H3,(H,51,53)(H,54,59)/t45-/m0/s1. The Morgan fingerprint density at radius 3 is 2.49 bits per heavy atom. The van der Waals surface area contributed by atoms with Gasteiger partial charge in [-0.3, -0.25) is 19.8 Å². The molecule has 0 saturated carbocycles. The molecule has 3 aliphatic heterocycles. The summed E-state index contributed by atoms with van der Waals surface area (Å²) < 4.78 is 91.0. The molecule has 5 aromatic rings. The average Bonchev–Trinajstić information content (AvgIpc) is 3.75. The van der Waals surface area contributed by atoms with Crippen LogP contribution in [-0.4, -0.2) is 112 Å². The molecule has 4 aliphatic rings. The lowest BCUT2D eigenvalue weighted by atomic mass is 9.72. The first-order valence-electron chi connectivity index (χ1n) is 21.8. The van der Waals surface area contributed by atoms with Crippen LogP contribution in [0.1, 0.15) is 49.0 Å². The van der Waals surface area contributed by atoms with Gasteiger partial charge in [-0.25, -0.2) is 17.5 Å². The predicted molar refractivity (Wildman–Crippen MR) is 247 cm³/mol. The van der Waals surface area contributed by atoms with E-state index in [1.165, 1.54) is 27.7 Å². The Morgan fingerprint density at radius 1 is 0.985 bits per heavy atom. The van der Waals surface area contributed by atoms with E-state index in [0.29, 0.717) is 42.3 Å². The third-order valence-electron chi connectivity index (χ3n) is 12.6. The number of fused-ring (bicyclic) bond motifs is 2. The summed E-state index contributed by atoms with van der Waals surface area (Å²) in [4.78, 5) is 37.7. The van der Waals surface area contributed by atoms with E-state index in [1.54, 1.807) is 30.5 Å². The zero-order valence-corrected chi connectivity index (χ0v) is 38.2. The van der Waals surface area contributed by atoms with Crippen molar-refractivity contribution in [3.8, 4) is 5.88 Å². The molecular formula is C46H48ClF3N8O8S. The number of H-pyrrole nitrogens is 1. The van der Waals surface area contributed by atoms with Gasteiger partial charge >= 0.3 is 6.11 Å². The number of aromatic amines is 1. The van der Waals surface area contributed by atoms with E-state index in [9.17, 15) is 23.3 Å². The Hall–Kier alpha value is -5.93. The minimum Gasteiger partial charge on any atom is -0.411 e. The average molecular weight is 965 g/mol. The van der Waals surface area contributed by atoms with E-state index in [1.807, 2.05) is 16.9 Å². The molecule has 0 bridgehead atoms. The SMILES string of the molecule is CC1(C)CCC(CN2CCN(c3ccc(C(=O)NS(=O)(=O)c4ccc(NC[C@@]5(F)COCCO5)c([N+](=O)[O-])c4)c(N4CC(F)(F)Oc5nc6[nH]ccc6cc54)c3)CC2)=C(c2ccc(Cl)cc2)C1. The number of ether oxygens (including phenoxy) is 3. The largest absolute Gasteiger partial charge is 0.417 e. The lowest BCUT2D eigenvalue weighted by Gasteiger charge is -2.40. The molecule has 21 heteroatoms. The van der Waals surface area contributed by atoms with Crippen molar-refractivity contribution in [2.75, 3.05) is 80.8 Å². The second-order valence-corrected chi connectivity index (χ2v) is 20.1. The minimum absolute atomic E-state index is 0.0298. The zero-order valence-electron chi connectivity index (χ0n) is 36.6. The third kappa shape index (κ3) is 10.0. The van der Waals surface area contributed by atoms with Gasteiger partial charge in [0.05, 0.1) is 40.8 Å². The molecule has 2 aromatic heterocycles. The molecule has 1 atom stereocenters. The van der Waals surface area contributed by atoms with Crippen LogP contribution >= 0.6 is 11.6 Å². The molecule has 354 valence electrons. The number of piperazine rings is 1. The second-order valence-electron chi connectivity index (χ2n) is 18.0. The number of hydrogen-bond acceptors (Lipinski definition) is 13. The number of sulfonamides is 1. The predicted octanol–water partition coefficient (Wildman–Crippen LogP) is 8.28. The molecule has 16 nitrogen and oxygen atoms in total. The van der Waals surface area contributed by atoms with E-state index in [2.05, 4.69) is 51.1 Å². The highest BCUT2D eigenvalue weighted by molar-refractivity contribution is 7.90. The number of hydrogen-bond donors (Lipinski definition) is 3. The number of carbonyl (C=O) groups is 1. The van der Waals surface area contributed by atoms with Crippen LogP contribution in [0.25, 0.3) is 16.6 Å². The smallest absolute Gasteiger partial charge is 0.411 e. The van der Waals surface area contributed by atoms with Crippen molar-refractivity contribution in [2.45, 2.75) is 50.0 Å². The van der Waals surface area contributed by atoms with E-state index in [-0.39, 0.29) is 46.9 Å². The second kappa shape index (κ2) is 17.9. The lowest BCUT2D eigenvalue weighted by molar-refractivity contribution is -0.384. The molecule has 1 amide bonds. The van der Waals surface area contributed by atoms with Crippen molar-refractivity contribution in [3.63, 3.8) is 0 Å². The van der Waals surface area contributed by atoms with Gasteiger partial charge in [0.15, 0.2) is 0 Å². The number of nitrogens with zero attached hydrogens (tertiary/aromatic N) is 5. The van der Waals surface area contributed by atoms with Gasteiger partial charge < -0.3 is 34.3 Å². The Morgan fingerprint density at radius 2 is 1.76 bits per heavy atom. The van der Waals surface area contributed by atoms with E-state index in [4.69, 9.17) is 25.8 Å². The van der Waals surface area contributed by atoms with Crippen LogP contribution in [-0.2, 0) is 19.5 Å². The molecule has 1 aliphatic carbocycles. The monoisotopic (exact) mass is 964 g/mol. The zero-order chi connectivity index (χ0) is 47.3. The maximum atomic E-state index is 15.5. The van der Waals surface area contributed by atoms with Gasteiger partial charge in [0.25, 0.3) is 21.6 Å². The van der Waals surface area contributed by atoms with Gasteiger partial charge in [-0.2, -0.15) is 13.8 Å². The van der Waals surface area contributed by atoms with Gasteiger partial charge in [0, 0.05) is 61.1 Å². The number of carbonyl (C=O) groups excluding carboxylic acids is 1. The number of amides is 1. The Labute approximate surface area is 389 Å².